The first-order valence-corrected chi connectivity index (χ1v) is 12.3. The zero-order valence-electron chi connectivity index (χ0n) is 16.5. The van der Waals surface area contributed by atoms with Crippen molar-refractivity contribution in [3.63, 3.8) is 0 Å². The standard InChI is InChI=1S/C23H24N2O3S2/c26-23(22(18-8-3-1-4-9-18)19-10-5-2-6-11-19)24-20-13-15-25(16-14-20)30(27,28)21-12-7-17-29-21/h1-12,17,20,22H,13-16H2,(H,24,26). The number of carbonyl (C=O) groups is 1. The summed E-state index contributed by atoms with van der Waals surface area (Å²) < 4.78 is 27.3. The molecule has 0 aliphatic carbocycles. The predicted molar refractivity (Wildman–Crippen MR) is 119 cm³/mol. The third kappa shape index (κ3) is 4.48. The first kappa shape index (κ1) is 20.8. The Hall–Kier alpha value is -2.48. The van der Waals surface area contributed by atoms with Crippen molar-refractivity contribution in [2.45, 2.75) is 29.0 Å². The number of nitrogens with zero attached hydrogens (tertiary/aromatic N) is 1. The Labute approximate surface area is 181 Å². The second kappa shape index (κ2) is 9.12. The van der Waals surface area contributed by atoms with Crippen LogP contribution in [0.1, 0.15) is 29.9 Å². The lowest BCUT2D eigenvalue weighted by Gasteiger charge is -2.32. The van der Waals surface area contributed by atoms with Crippen molar-refractivity contribution in [3.8, 4) is 0 Å². The van der Waals surface area contributed by atoms with Gasteiger partial charge in [-0.25, -0.2) is 8.42 Å². The van der Waals surface area contributed by atoms with Gasteiger partial charge in [0.15, 0.2) is 0 Å². The maximum Gasteiger partial charge on any atom is 0.252 e. The Kier molecular flexibility index (Phi) is 6.32. The molecule has 0 bridgehead atoms. The zero-order chi connectivity index (χ0) is 21.0. The molecule has 156 valence electrons. The Morgan fingerprint density at radius 3 is 1.97 bits per heavy atom. The Bertz CT molecular complexity index is 1020. The van der Waals surface area contributed by atoms with Crippen LogP contribution in [0.5, 0.6) is 0 Å². The lowest BCUT2D eigenvalue weighted by atomic mass is 9.90. The Balaban J connectivity index is 1.44. The monoisotopic (exact) mass is 440 g/mol. The number of rotatable bonds is 6. The molecule has 2 aromatic carbocycles. The van der Waals surface area contributed by atoms with E-state index in [0.717, 1.165) is 11.1 Å². The van der Waals surface area contributed by atoms with Crippen molar-refractivity contribution in [3.05, 3.63) is 89.3 Å². The van der Waals surface area contributed by atoms with Crippen molar-refractivity contribution in [1.82, 2.24) is 9.62 Å². The van der Waals surface area contributed by atoms with Crippen LogP contribution in [0, 0.1) is 0 Å². The Morgan fingerprint density at radius 2 is 1.47 bits per heavy atom. The molecule has 0 radical (unpaired) electrons. The second-order valence-corrected chi connectivity index (χ2v) is 10.5. The van der Waals surface area contributed by atoms with Crippen LogP contribution in [-0.4, -0.2) is 37.8 Å². The average molecular weight is 441 g/mol. The van der Waals surface area contributed by atoms with Gasteiger partial charge in [0.1, 0.15) is 4.21 Å². The molecule has 1 saturated heterocycles. The lowest BCUT2D eigenvalue weighted by molar-refractivity contribution is -0.122. The predicted octanol–water partition coefficient (Wildman–Crippen LogP) is 3.85. The number of amides is 1. The molecule has 4 rings (SSSR count). The SMILES string of the molecule is O=C(NC1CCN(S(=O)(=O)c2cccs2)CC1)C(c1ccccc1)c1ccccc1. The highest BCUT2D eigenvalue weighted by Crippen LogP contribution is 2.27. The van der Waals surface area contributed by atoms with Crippen LogP contribution in [-0.2, 0) is 14.8 Å². The minimum Gasteiger partial charge on any atom is -0.352 e. The third-order valence-corrected chi connectivity index (χ3v) is 8.69. The zero-order valence-corrected chi connectivity index (χ0v) is 18.1. The molecule has 3 aromatic rings. The summed E-state index contributed by atoms with van der Waals surface area (Å²) in [7, 11) is -3.43. The summed E-state index contributed by atoms with van der Waals surface area (Å²) in [5, 5.41) is 4.94. The van der Waals surface area contributed by atoms with Crippen LogP contribution in [0.15, 0.2) is 82.4 Å². The molecule has 1 aliphatic heterocycles. The van der Waals surface area contributed by atoms with Crippen LogP contribution < -0.4 is 5.32 Å². The van der Waals surface area contributed by atoms with Gasteiger partial charge in [0.25, 0.3) is 10.0 Å². The quantitative estimate of drug-likeness (QED) is 0.633. The lowest BCUT2D eigenvalue weighted by Crippen LogP contribution is -2.47. The van der Waals surface area contributed by atoms with Crippen molar-refractivity contribution >= 4 is 27.3 Å². The molecule has 0 atom stereocenters. The summed E-state index contributed by atoms with van der Waals surface area (Å²) in [5.41, 5.74) is 1.89. The number of benzene rings is 2. The summed E-state index contributed by atoms with van der Waals surface area (Å²) in [6, 6.07) is 22.8. The van der Waals surface area contributed by atoms with E-state index >= 15 is 0 Å². The smallest absolute Gasteiger partial charge is 0.252 e. The highest BCUT2D eigenvalue weighted by Gasteiger charge is 2.32. The first-order valence-electron chi connectivity index (χ1n) is 9.99. The van der Waals surface area contributed by atoms with Crippen LogP contribution in [0.2, 0.25) is 0 Å². The third-order valence-electron chi connectivity index (χ3n) is 5.42. The molecule has 1 N–H and O–H groups in total. The van der Waals surface area contributed by atoms with Gasteiger partial charge in [0.2, 0.25) is 5.91 Å². The molecule has 5 nitrogen and oxygen atoms in total. The molecular formula is C23H24N2O3S2. The summed E-state index contributed by atoms with van der Waals surface area (Å²) >= 11 is 1.23. The largest absolute Gasteiger partial charge is 0.352 e. The second-order valence-electron chi connectivity index (χ2n) is 7.37. The average Bonchev–Trinajstić information content (AvgIpc) is 3.32. The Morgan fingerprint density at radius 1 is 0.900 bits per heavy atom. The maximum atomic E-state index is 13.2. The van der Waals surface area contributed by atoms with Gasteiger partial charge < -0.3 is 5.32 Å². The highest BCUT2D eigenvalue weighted by atomic mass is 32.2. The van der Waals surface area contributed by atoms with E-state index in [9.17, 15) is 13.2 Å². The molecule has 1 aliphatic rings. The molecule has 0 spiro atoms. The molecule has 30 heavy (non-hydrogen) atoms. The number of sulfonamides is 1. The van der Waals surface area contributed by atoms with E-state index in [1.807, 2.05) is 60.7 Å². The summed E-state index contributed by atoms with van der Waals surface area (Å²) in [4.78, 5) is 13.2. The fourth-order valence-corrected chi connectivity index (χ4v) is 6.46. The van der Waals surface area contributed by atoms with Gasteiger partial charge in [-0.15, -0.1) is 11.3 Å². The minimum absolute atomic E-state index is 0.0396. The van der Waals surface area contributed by atoms with Gasteiger partial charge >= 0.3 is 0 Å². The maximum absolute atomic E-state index is 13.2. The van der Waals surface area contributed by atoms with Crippen LogP contribution in [0.3, 0.4) is 0 Å². The van der Waals surface area contributed by atoms with Crippen LogP contribution >= 0.6 is 11.3 Å². The van der Waals surface area contributed by atoms with E-state index in [1.54, 1.807) is 17.5 Å². The summed E-state index contributed by atoms with van der Waals surface area (Å²) in [6.07, 6.45) is 1.21. The van der Waals surface area contributed by atoms with Gasteiger partial charge in [-0.1, -0.05) is 66.7 Å². The molecule has 7 heteroatoms. The van der Waals surface area contributed by atoms with E-state index in [0.29, 0.717) is 30.1 Å². The molecule has 1 amide bonds. The van der Waals surface area contributed by atoms with Crippen LogP contribution in [0.25, 0.3) is 0 Å². The van der Waals surface area contributed by atoms with E-state index in [4.69, 9.17) is 0 Å². The van der Waals surface area contributed by atoms with Crippen molar-refractivity contribution in [1.29, 1.82) is 0 Å². The number of piperidine rings is 1. The summed E-state index contributed by atoms with van der Waals surface area (Å²) in [6.45, 7) is 0.818. The van der Waals surface area contributed by atoms with E-state index in [1.165, 1.54) is 15.6 Å². The topological polar surface area (TPSA) is 66.5 Å². The van der Waals surface area contributed by atoms with Gasteiger partial charge in [-0.05, 0) is 35.4 Å². The minimum atomic E-state index is -3.43. The number of thiophene rings is 1. The molecule has 0 unspecified atom stereocenters. The fraction of sp³-hybridized carbons (Fsp3) is 0.261. The van der Waals surface area contributed by atoms with Gasteiger partial charge in [-0.3, -0.25) is 4.79 Å². The number of carbonyl (C=O) groups excluding carboxylic acids is 1. The first-order chi connectivity index (χ1) is 14.6. The van der Waals surface area contributed by atoms with Gasteiger partial charge in [0.05, 0.1) is 5.92 Å². The number of hydrogen-bond donors (Lipinski definition) is 1. The van der Waals surface area contributed by atoms with Gasteiger partial charge in [0, 0.05) is 19.1 Å². The number of hydrogen-bond acceptors (Lipinski definition) is 4. The van der Waals surface area contributed by atoms with E-state index in [-0.39, 0.29) is 17.9 Å². The van der Waals surface area contributed by atoms with Crippen molar-refractivity contribution in [2.24, 2.45) is 0 Å². The molecule has 1 aromatic heterocycles. The highest BCUT2D eigenvalue weighted by molar-refractivity contribution is 7.91. The normalized spacial score (nSPS) is 15.9. The molecule has 2 heterocycles. The fourth-order valence-electron chi connectivity index (χ4n) is 3.85. The molecule has 1 fully saturated rings. The van der Waals surface area contributed by atoms with E-state index in [2.05, 4.69) is 5.32 Å². The van der Waals surface area contributed by atoms with Gasteiger partial charge in [-0.2, -0.15) is 4.31 Å². The molecular weight excluding hydrogens is 416 g/mol. The van der Waals surface area contributed by atoms with E-state index < -0.39 is 10.0 Å². The summed E-state index contributed by atoms with van der Waals surface area (Å²) in [5.74, 6) is -0.438. The molecule has 0 saturated carbocycles. The van der Waals surface area contributed by atoms with Crippen LogP contribution in [0.4, 0.5) is 0 Å². The number of nitrogens with one attached hydrogen (secondary N) is 1. The van der Waals surface area contributed by atoms with Crippen molar-refractivity contribution < 1.29 is 13.2 Å². The van der Waals surface area contributed by atoms with Crippen molar-refractivity contribution in [2.75, 3.05) is 13.1 Å².